The molecule has 6 rings (SSSR count). The third-order valence-corrected chi connectivity index (χ3v) is 6.69. The summed E-state index contributed by atoms with van der Waals surface area (Å²) in [6.45, 7) is 9.27. The Hall–Kier alpha value is -5.35. The molecule has 3 N–H and O–H groups in total. The van der Waals surface area contributed by atoms with E-state index < -0.39 is 11.7 Å². The van der Waals surface area contributed by atoms with Crippen LogP contribution in [0.15, 0.2) is 97.6 Å². The minimum atomic E-state index is -0.564. The fourth-order valence-electron chi connectivity index (χ4n) is 4.72. The number of alkyl carbamates (subject to hydrolysis) is 1. The van der Waals surface area contributed by atoms with E-state index >= 15 is 0 Å². The van der Waals surface area contributed by atoms with Crippen molar-refractivity contribution in [3.63, 3.8) is 0 Å². The van der Waals surface area contributed by atoms with Crippen molar-refractivity contribution < 1.29 is 9.53 Å². The summed E-state index contributed by atoms with van der Waals surface area (Å²) in [5, 5.41) is 4.76. The fourth-order valence-corrected chi connectivity index (χ4v) is 4.72. The first-order valence-corrected chi connectivity index (χ1v) is 14.7. The molecule has 6 heterocycles. The van der Waals surface area contributed by atoms with Gasteiger partial charge in [-0.25, -0.2) is 24.7 Å². The number of rotatable bonds is 5. The molecule has 10 heteroatoms. The van der Waals surface area contributed by atoms with Crippen LogP contribution in [0.5, 0.6) is 0 Å². The van der Waals surface area contributed by atoms with Crippen LogP contribution >= 0.6 is 0 Å². The molecule has 0 spiro atoms. The number of carbonyl (C=O) groups excluding carboxylic acids is 1. The summed E-state index contributed by atoms with van der Waals surface area (Å²) in [4.78, 5) is 38.8. The highest BCUT2D eigenvalue weighted by Gasteiger charge is 2.22. The second kappa shape index (κ2) is 13.5. The molecule has 0 saturated heterocycles. The third kappa shape index (κ3) is 7.79. The largest absolute Gasteiger partial charge is 0.444 e. The SMILES string of the molecule is CC(N)c1nc2ncccc2cc1-c1ccccn1.CC(NC(=O)OC(C)(C)C)c1nc2ncccc2cc1-c1ccccn1. The van der Waals surface area contributed by atoms with E-state index in [9.17, 15) is 4.79 Å². The Balaban J connectivity index is 0.000000186. The summed E-state index contributed by atoms with van der Waals surface area (Å²) < 4.78 is 5.35. The Morgan fingerprint density at radius 2 is 1.20 bits per heavy atom. The Morgan fingerprint density at radius 1 is 0.711 bits per heavy atom. The highest BCUT2D eigenvalue weighted by molar-refractivity contribution is 5.83. The molecule has 6 aromatic heterocycles. The maximum absolute atomic E-state index is 12.2. The standard InChI is InChI=1S/C20H22N4O2.C15H14N4/c1-13(23-19(25)26-20(2,3)4)17-15(16-9-5-6-10-21-16)12-14-8-7-11-22-18(14)24-17;1-10(16)14-12(13-6-2-3-7-17-13)9-11-5-4-8-18-15(11)19-14/h5-13H,1-4H3,(H,23,25);2-10H,16H2,1H3. The van der Waals surface area contributed by atoms with Gasteiger partial charge in [0.15, 0.2) is 11.3 Å². The first-order valence-electron chi connectivity index (χ1n) is 14.7. The molecule has 0 aliphatic carbocycles. The first kappa shape index (κ1) is 31.1. The topological polar surface area (TPSA) is 142 Å². The zero-order valence-corrected chi connectivity index (χ0v) is 26.0. The molecular formula is C35H36N8O2. The summed E-state index contributed by atoms with van der Waals surface area (Å²) in [6.07, 6.45) is 6.46. The van der Waals surface area contributed by atoms with Crippen molar-refractivity contribution in [3.05, 3.63) is 109 Å². The van der Waals surface area contributed by atoms with Gasteiger partial charge in [-0.3, -0.25) is 9.97 Å². The van der Waals surface area contributed by atoms with Crippen molar-refractivity contribution >= 4 is 28.2 Å². The van der Waals surface area contributed by atoms with Crippen LogP contribution in [0, 0.1) is 0 Å². The van der Waals surface area contributed by atoms with Gasteiger partial charge in [-0.05, 0) is 95.3 Å². The van der Waals surface area contributed by atoms with Crippen molar-refractivity contribution in [1.29, 1.82) is 0 Å². The van der Waals surface area contributed by atoms with Gasteiger partial charge in [0, 0.05) is 52.7 Å². The van der Waals surface area contributed by atoms with Crippen LogP contribution in [0.1, 0.15) is 58.1 Å². The zero-order valence-electron chi connectivity index (χ0n) is 26.0. The van der Waals surface area contributed by atoms with Crippen molar-refractivity contribution in [1.82, 2.24) is 35.2 Å². The number of ether oxygens (including phenoxy) is 1. The predicted octanol–water partition coefficient (Wildman–Crippen LogP) is 6.99. The van der Waals surface area contributed by atoms with Crippen LogP contribution in [-0.4, -0.2) is 41.6 Å². The number of nitrogens with two attached hydrogens (primary N) is 1. The highest BCUT2D eigenvalue weighted by Crippen LogP contribution is 2.29. The normalized spacial score (nSPS) is 12.6. The molecule has 0 aromatic carbocycles. The van der Waals surface area contributed by atoms with Crippen LogP contribution in [0.2, 0.25) is 0 Å². The molecule has 45 heavy (non-hydrogen) atoms. The summed E-state index contributed by atoms with van der Waals surface area (Å²) in [5.41, 5.74) is 11.8. The van der Waals surface area contributed by atoms with Crippen molar-refractivity contribution in [3.8, 4) is 22.5 Å². The molecule has 1 amide bonds. The first-order chi connectivity index (χ1) is 21.6. The number of fused-ring (bicyclic) bond motifs is 2. The molecule has 0 aliphatic heterocycles. The lowest BCUT2D eigenvalue weighted by atomic mass is 10.0. The second-order valence-electron chi connectivity index (χ2n) is 11.5. The maximum Gasteiger partial charge on any atom is 0.408 e. The van der Waals surface area contributed by atoms with Gasteiger partial charge in [-0.2, -0.15) is 0 Å². The summed E-state index contributed by atoms with van der Waals surface area (Å²) in [7, 11) is 0. The third-order valence-electron chi connectivity index (χ3n) is 6.69. The summed E-state index contributed by atoms with van der Waals surface area (Å²) >= 11 is 0. The molecule has 2 unspecified atom stereocenters. The van der Waals surface area contributed by atoms with Crippen LogP contribution in [0.25, 0.3) is 44.6 Å². The number of nitrogens with zero attached hydrogens (tertiary/aromatic N) is 6. The van der Waals surface area contributed by atoms with Gasteiger partial charge in [0.25, 0.3) is 0 Å². The molecule has 0 saturated carbocycles. The number of nitrogens with one attached hydrogen (secondary N) is 1. The van der Waals surface area contributed by atoms with E-state index in [-0.39, 0.29) is 12.1 Å². The average Bonchev–Trinajstić information content (AvgIpc) is 3.03. The summed E-state index contributed by atoms with van der Waals surface area (Å²) in [5.74, 6) is 0. The van der Waals surface area contributed by atoms with Crippen LogP contribution in [0.4, 0.5) is 4.79 Å². The van der Waals surface area contributed by atoms with Gasteiger partial charge in [-0.1, -0.05) is 12.1 Å². The smallest absolute Gasteiger partial charge is 0.408 e. The van der Waals surface area contributed by atoms with Crippen LogP contribution in [0.3, 0.4) is 0 Å². The number of pyridine rings is 6. The van der Waals surface area contributed by atoms with Crippen molar-refractivity contribution in [2.45, 2.75) is 52.3 Å². The molecule has 6 aromatic rings. The van der Waals surface area contributed by atoms with Gasteiger partial charge in [0.2, 0.25) is 0 Å². The van der Waals surface area contributed by atoms with Gasteiger partial charge in [0.05, 0.1) is 28.8 Å². The number of carbonyl (C=O) groups is 1. The van der Waals surface area contributed by atoms with Crippen LogP contribution in [-0.2, 0) is 4.74 Å². The minimum Gasteiger partial charge on any atom is -0.444 e. The molecule has 2 atom stereocenters. The molecule has 228 valence electrons. The molecule has 10 nitrogen and oxygen atoms in total. The minimum absolute atomic E-state index is 0.164. The Kier molecular flexibility index (Phi) is 9.34. The lowest BCUT2D eigenvalue weighted by molar-refractivity contribution is 0.0507. The lowest BCUT2D eigenvalue weighted by Crippen LogP contribution is -2.34. The van der Waals surface area contributed by atoms with Gasteiger partial charge in [0.1, 0.15) is 5.60 Å². The quantitative estimate of drug-likeness (QED) is 0.214. The second-order valence-corrected chi connectivity index (χ2v) is 11.5. The highest BCUT2D eigenvalue weighted by atomic mass is 16.6. The van der Waals surface area contributed by atoms with E-state index in [2.05, 4.69) is 41.3 Å². The summed E-state index contributed by atoms with van der Waals surface area (Å²) in [6, 6.07) is 22.8. The number of hydrogen-bond acceptors (Lipinski definition) is 9. The predicted molar refractivity (Wildman–Crippen MR) is 176 cm³/mol. The number of amides is 1. The van der Waals surface area contributed by atoms with Gasteiger partial charge >= 0.3 is 6.09 Å². The van der Waals surface area contributed by atoms with E-state index in [0.29, 0.717) is 11.3 Å². The Labute approximate surface area is 262 Å². The molecule has 0 aliphatic rings. The van der Waals surface area contributed by atoms with E-state index in [1.807, 2.05) is 101 Å². The van der Waals surface area contributed by atoms with E-state index in [4.69, 9.17) is 10.5 Å². The van der Waals surface area contributed by atoms with E-state index in [1.54, 1.807) is 24.8 Å². The fraction of sp³-hybridized carbons (Fsp3) is 0.229. The molecule has 0 fully saturated rings. The number of aromatic nitrogens is 6. The Bertz CT molecular complexity index is 1910. The molecular weight excluding hydrogens is 564 g/mol. The maximum atomic E-state index is 12.2. The van der Waals surface area contributed by atoms with Gasteiger partial charge in [-0.15, -0.1) is 0 Å². The van der Waals surface area contributed by atoms with E-state index in [1.165, 1.54) is 0 Å². The molecule has 0 radical (unpaired) electrons. The molecule has 0 bridgehead atoms. The number of hydrogen-bond donors (Lipinski definition) is 2. The lowest BCUT2D eigenvalue weighted by Gasteiger charge is -2.22. The van der Waals surface area contributed by atoms with Gasteiger partial charge < -0.3 is 15.8 Å². The zero-order chi connectivity index (χ0) is 32.0. The Morgan fingerprint density at radius 3 is 1.67 bits per heavy atom. The van der Waals surface area contributed by atoms with E-state index in [0.717, 1.165) is 44.6 Å². The average molecular weight is 601 g/mol. The van der Waals surface area contributed by atoms with Crippen molar-refractivity contribution in [2.75, 3.05) is 0 Å². The van der Waals surface area contributed by atoms with Crippen molar-refractivity contribution in [2.24, 2.45) is 5.73 Å². The van der Waals surface area contributed by atoms with Crippen LogP contribution < -0.4 is 11.1 Å². The monoisotopic (exact) mass is 600 g/mol.